The van der Waals surface area contributed by atoms with Crippen molar-refractivity contribution in [1.29, 1.82) is 0 Å². The van der Waals surface area contributed by atoms with Crippen molar-refractivity contribution in [1.82, 2.24) is 10.4 Å². The van der Waals surface area contributed by atoms with E-state index < -0.39 is 10.8 Å². The van der Waals surface area contributed by atoms with Gasteiger partial charge in [-0.25, -0.2) is 5.43 Å². The fourth-order valence-electron chi connectivity index (χ4n) is 2.94. The van der Waals surface area contributed by atoms with Gasteiger partial charge >= 0.3 is 0 Å². The number of rotatable bonds is 7. The Balaban J connectivity index is 1.36. The molecule has 1 amide bonds. The predicted molar refractivity (Wildman–Crippen MR) is 114 cm³/mol. The standard InChI is InChI=1S/C22H16N4O5/c27-21(14-30-20-9-3-5-15-6-4-12-23-22(15)20)25-24-13-16-10-11-19(31-16)17-7-1-2-8-18(17)26(28)29/h1-13H,14H2,(H,25,27)/b24-13-. The number of para-hydroxylation sites is 2. The van der Waals surface area contributed by atoms with Crippen LogP contribution in [0.15, 0.2) is 82.4 Å². The van der Waals surface area contributed by atoms with Crippen LogP contribution in [0.2, 0.25) is 0 Å². The van der Waals surface area contributed by atoms with Gasteiger partial charge in [-0.3, -0.25) is 19.9 Å². The van der Waals surface area contributed by atoms with Gasteiger partial charge in [0.1, 0.15) is 22.8 Å². The minimum atomic E-state index is -0.475. The fraction of sp³-hybridized carbons (Fsp3) is 0.0455. The molecule has 0 unspecified atom stereocenters. The number of benzene rings is 2. The molecule has 4 aromatic rings. The number of hydrazone groups is 1. The van der Waals surface area contributed by atoms with Crippen LogP contribution >= 0.6 is 0 Å². The van der Waals surface area contributed by atoms with Crippen molar-refractivity contribution in [2.45, 2.75) is 0 Å². The molecule has 0 aliphatic rings. The monoisotopic (exact) mass is 416 g/mol. The number of nitrogens with zero attached hydrogens (tertiary/aromatic N) is 3. The lowest BCUT2D eigenvalue weighted by atomic mass is 10.1. The van der Waals surface area contributed by atoms with Crippen molar-refractivity contribution in [3.05, 3.63) is 88.8 Å². The Morgan fingerprint density at radius 3 is 2.84 bits per heavy atom. The van der Waals surface area contributed by atoms with E-state index in [9.17, 15) is 14.9 Å². The number of hydrogen-bond acceptors (Lipinski definition) is 7. The van der Waals surface area contributed by atoms with Gasteiger partial charge in [-0.2, -0.15) is 5.10 Å². The number of ether oxygens (including phenoxy) is 1. The summed E-state index contributed by atoms with van der Waals surface area (Å²) in [7, 11) is 0. The maximum Gasteiger partial charge on any atom is 0.280 e. The molecular formula is C22H16N4O5. The molecule has 9 heteroatoms. The second kappa shape index (κ2) is 8.87. The first-order valence-corrected chi connectivity index (χ1v) is 9.24. The third kappa shape index (κ3) is 4.56. The van der Waals surface area contributed by atoms with E-state index in [4.69, 9.17) is 9.15 Å². The fourth-order valence-corrected chi connectivity index (χ4v) is 2.94. The smallest absolute Gasteiger partial charge is 0.280 e. The molecule has 0 aliphatic heterocycles. The zero-order chi connectivity index (χ0) is 21.6. The van der Waals surface area contributed by atoms with E-state index in [-0.39, 0.29) is 12.3 Å². The molecule has 0 radical (unpaired) electrons. The molecule has 0 saturated carbocycles. The van der Waals surface area contributed by atoms with Crippen molar-refractivity contribution in [2.75, 3.05) is 6.61 Å². The molecule has 2 aromatic carbocycles. The quantitative estimate of drug-likeness (QED) is 0.277. The first-order valence-electron chi connectivity index (χ1n) is 9.24. The van der Waals surface area contributed by atoms with Gasteiger partial charge in [-0.1, -0.05) is 30.3 Å². The van der Waals surface area contributed by atoms with E-state index in [1.165, 1.54) is 12.3 Å². The maximum absolute atomic E-state index is 12.0. The summed E-state index contributed by atoms with van der Waals surface area (Å²) in [6.07, 6.45) is 2.96. The average molecular weight is 416 g/mol. The highest BCUT2D eigenvalue weighted by atomic mass is 16.6. The summed E-state index contributed by atoms with van der Waals surface area (Å²) in [6, 6.07) is 18.6. The molecule has 9 nitrogen and oxygen atoms in total. The highest BCUT2D eigenvalue weighted by Gasteiger charge is 2.16. The lowest BCUT2D eigenvalue weighted by molar-refractivity contribution is -0.384. The Bertz CT molecular complexity index is 1280. The molecule has 0 atom stereocenters. The molecular weight excluding hydrogens is 400 g/mol. The molecule has 0 saturated heterocycles. The first kappa shape index (κ1) is 19.8. The lowest BCUT2D eigenvalue weighted by Gasteiger charge is -2.07. The largest absolute Gasteiger partial charge is 0.481 e. The minimum absolute atomic E-state index is 0.0614. The highest BCUT2D eigenvalue weighted by Crippen LogP contribution is 2.30. The van der Waals surface area contributed by atoms with Crippen LogP contribution in [-0.2, 0) is 4.79 Å². The van der Waals surface area contributed by atoms with Gasteiger partial charge in [0.25, 0.3) is 11.6 Å². The van der Waals surface area contributed by atoms with Crippen molar-refractivity contribution < 1.29 is 18.9 Å². The van der Waals surface area contributed by atoms with E-state index in [1.807, 2.05) is 24.3 Å². The van der Waals surface area contributed by atoms with Crippen molar-refractivity contribution in [3.63, 3.8) is 0 Å². The maximum atomic E-state index is 12.0. The van der Waals surface area contributed by atoms with Gasteiger partial charge in [0.15, 0.2) is 6.61 Å². The van der Waals surface area contributed by atoms with Crippen molar-refractivity contribution >= 4 is 28.7 Å². The summed E-state index contributed by atoms with van der Waals surface area (Å²) >= 11 is 0. The molecule has 2 heterocycles. The van der Waals surface area contributed by atoms with E-state index in [1.54, 1.807) is 42.6 Å². The number of furan rings is 1. The van der Waals surface area contributed by atoms with E-state index in [0.29, 0.717) is 28.4 Å². The highest BCUT2D eigenvalue weighted by molar-refractivity contribution is 5.85. The van der Waals surface area contributed by atoms with Gasteiger partial charge in [0, 0.05) is 17.6 Å². The number of fused-ring (bicyclic) bond motifs is 1. The summed E-state index contributed by atoms with van der Waals surface area (Å²) in [5.41, 5.74) is 3.30. The Hall–Kier alpha value is -4.53. The molecule has 2 aromatic heterocycles. The van der Waals surface area contributed by atoms with Gasteiger partial charge < -0.3 is 9.15 Å². The van der Waals surface area contributed by atoms with Gasteiger partial charge in [-0.05, 0) is 30.3 Å². The van der Waals surface area contributed by atoms with Crippen LogP contribution in [0.3, 0.4) is 0 Å². The van der Waals surface area contributed by atoms with E-state index >= 15 is 0 Å². The predicted octanol–water partition coefficient (Wildman–Crippen LogP) is 3.93. The number of carbonyl (C=O) groups excluding carboxylic acids is 1. The first-order chi connectivity index (χ1) is 15.1. The van der Waals surface area contributed by atoms with Gasteiger partial charge in [0.2, 0.25) is 0 Å². The van der Waals surface area contributed by atoms with Gasteiger partial charge in [0.05, 0.1) is 16.7 Å². The topological polar surface area (TPSA) is 120 Å². The number of nitro benzene ring substituents is 1. The summed E-state index contributed by atoms with van der Waals surface area (Å²) < 4.78 is 11.1. The molecule has 31 heavy (non-hydrogen) atoms. The second-order valence-electron chi connectivity index (χ2n) is 6.39. The van der Waals surface area contributed by atoms with E-state index in [2.05, 4.69) is 15.5 Å². The van der Waals surface area contributed by atoms with Crippen LogP contribution in [0.4, 0.5) is 5.69 Å². The third-order valence-corrected chi connectivity index (χ3v) is 4.33. The van der Waals surface area contributed by atoms with Crippen LogP contribution in [0.5, 0.6) is 5.75 Å². The van der Waals surface area contributed by atoms with Crippen LogP contribution in [-0.4, -0.2) is 28.6 Å². The Morgan fingerprint density at radius 2 is 1.97 bits per heavy atom. The van der Waals surface area contributed by atoms with Crippen LogP contribution < -0.4 is 10.2 Å². The number of pyridine rings is 1. The lowest BCUT2D eigenvalue weighted by Crippen LogP contribution is -2.24. The Labute approximate surface area is 176 Å². The Kier molecular flexibility index (Phi) is 5.66. The molecule has 1 N–H and O–H groups in total. The summed E-state index contributed by atoms with van der Waals surface area (Å²) in [5, 5.41) is 15.9. The van der Waals surface area contributed by atoms with Crippen molar-refractivity contribution in [2.24, 2.45) is 5.10 Å². The molecule has 0 bridgehead atoms. The molecule has 0 spiro atoms. The van der Waals surface area contributed by atoms with Crippen LogP contribution in [0.25, 0.3) is 22.2 Å². The zero-order valence-electron chi connectivity index (χ0n) is 16.1. The molecule has 154 valence electrons. The minimum Gasteiger partial charge on any atom is -0.481 e. The second-order valence-corrected chi connectivity index (χ2v) is 6.39. The van der Waals surface area contributed by atoms with Crippen LogP contribution in [0, 0.1) is 10.1 Å². The number of hydrogen-bond donors (Lipinski definition) is 1. The Morgan fingerprint density at radius 1 is 1.13 bits per heavy atom. The number of nitrogens with one attached hydrogen (secondary N) is 1. The number of nitro groups is 1. The van der Waals surface area contributed by atoms with Crippen LogP contribution in [0.1, 0.15) is 5.76 Å². The zero-order valence-corrected chi connectivity index (χ0v) is 16.1. The normalized spacial score (nSPS) is 11.0. The van der Waals surface area contributed by atoms with Gasteiger partial charge in [-0.15, -0.1) is 0 Å². The van der Waals surface area contributed by atoms with E-state index in [0.717, 1.165) is 5.39 Å². The number of carbonyl (C=O) groups is 1. The summed E-state index contributed by atoms with van der Waals surface area (Å²) in [5.74, 6) is 0.687. The third-order valence-electron chi connectivity index (χ3n) is 4.33. The molecule has 0 aliphatic carbocycles. The number of amides is 1. The number of aromatic nitrogens is 1. The molecule has 4 rings (SSSR count). The summed E-state index contributed by atoms with van der Waals surface area (Å²) in [6.45, 7) is -0.243. The average Bonchev–Trinajstić information content (AvgIpc) is 3.26. The summed E-state index contributed by atoms with van der Waals surface area (Å²) in [4.78, 5) is 27.0. The molecule has 0 fully saturated rings. The van der Waals surface area contributed by atoms with Crippen molar-refractivity contribution in [3.8, 4) is 17.1 Å². The SMILES string of the molecule is O=C(COc1cccc2cccnc12)N/N=C\c1ccc(-c2ccccc2[N+](=O)[O-])o1.